The third kappa shape index (κ3) is 4.93. The number of nitrogens with one attached hydrogen (secondary N) is 1. The van der Waals surface area contributed by atoms with Gasteiger partial charge in [0, 0.05) is 48.3 Å². The molecule has 1 aromatic heterocycles. The van der Waals surface area contributed by atoms with E-state index in [2.05, 4.69) is 22.0 Å². The number of benzene rings is 2. The molecule has 3 N–H and O–H groups in total. The normalized spacial score (nSPS) is 16.8. The average Bonchev–Trinajstić information content (AvgIpc) is 2.89. The van der Waals surface area contributed by atoms with Gasteiger partial charge in [0.15, 0.2) is 5.78 Å². The maximum atomic E-state index is 13.2. The number of piperidine rings is 1. The van der Waals surface area contributed by atoms with Gasteiger partial charge >= 0.3 is 0 Å². The second kappa shape index (κ2) is 9.94. The largest absolute Gasteiger partial charge is 0.489 e. The Morgan fingerprint density at radius 3 is 2.70 bits per heavy atom. The minimum absolute atomic E-state index is 0.0719. The highest BCUT2D eigenvalue weighted by molar-refractivity contribution is 6.15. The highest BCUT2D eigenvalue weighted by Gasteiger charge is 2.42. The molecule has 0 aliphatic carbocycles. The standard InChI is InChI=1S/C29H33N5O3/c1-4-34-11-9-29(10-12-34)15-26(35)23-13-20(5-8-27(23)37-29)28(31)22-14-21(6-7-25(22)30)36-17-24-18(2)16-32-33-19(24)3/h5-8,13-14,16,31H,4,9-12,15,17,30H2,1-3H3. The van der Waals surface area contributed by atoms with E-state index in [0.717, 1.165) is 49.3 Å². The first-order valence-corrected chi connectivity index (χ1v) is 12.8. The van der Waals surface area contributed by atoms with Crippen LogP contribution in [0.1, 0.15) is 64.5 Å². The van der Waals surface area contributed by atoms with Gasteiger partial charge in [-0.05, 0) is 62.4 Å². The Balaban J connectivity index is 1.35. The van der Waals surface area contributed by atoms with Crippen LogP contribution in [0.25, 0.3) is 0 Å². The summed E-state index contributed by atoms with van der Waals surface area (Å²) in [6.45, 7) is 9.27. The van der Waals surface area contributed by atoms with E-state index in [1.54, 1.807) is 30.5 Å². The number of carbonyl (C=O) groups is 1. The number of nitrogen functional groups attached to an aromatic ring is 1. The number of aryl methyl sites for hydroxylation is 2. The molecule has 1 saturated heterocycles. The summed E-state index contributed by atoms with van der Waals surface area (Å²) >= 11 is 0. The lowest BCUT2D eigenvalue weighted by Gasteiger charge is -2.43. The summed E-state index contributed by atoms with van der Waals surface area (Å²) in [6.07, 6.45) is 3.79. The van der Waals surface area contributed by atoms with Gasteiger partial charge in [0.2, 0.25) is 0 Å². The topological polar surface area (TPSA) is 114 Å². The fraction of sp³-hybridized carbons (Fsp3) is 0.379. The molecule has 3 aromatic rings. The molecule has 37 heavy (non-hydrogen) atoms. The number of hydrogen-bond donors (Lipinski definition) is 2. The van der Waals surface area contributed by atoms with E-state index in [4.69, 9.17) is 20.6 Å². The first-order chi connectivity index (χ1) is 17.8. The number of rotatable bonds is 6. The van der Waals surface area contributed by atoms with Crippen LogP contribution in [-0.4, -0.2) is 51.8 Å². The SMILES string of the molecule is CCN1CCC2(CC1)CC(=O)c1cc(C(=N)c3cc(OCc4c(C)cnnc4C)ccc3N)ccc1O2. The molecular formula is C29H33N5O3. The van der Waals surface area contributed by atoms with Crippen LogP contribution < -0.4 is 15.2 Å². The summed E-state index contributed by atoms with van der Waals surface area (Å²) in [5.41, 5.74) is 11.0. The molecule has 0 saturated carbocycles. The van der Waals surface area contributed by atoms with Crippen molar-refractivity contribution in [1.82, 2.24) is 15.1 Å². The lowest BCUT2D eigenvalue weighted by molar-refractivity contribution is -0.00781. The van der Waals surface area contributed by atoms with E-state index < -0.39 is 5.60 Å². The van der Waals surface area contributed by atoms with E-state index in [9.17, 15) is 4.79 Å². The number of anilines is 1. The number of fused-ring (bicyclic) bond motifs is 1. The zero-order valence-electron chi connectivity index (χ0n) is 21.6. The average molecular weight is 500 g/mol. The quantitative estimate of drug-likeness (QED) is 0.379. The minimum atomic E-state index is -0.415. The van der Waals surface area contributed by atoms with Crippen molar-refractivity contribution in [3.05, 3.63) is 76.1 Å². The molecule has 3 heterocycles. The zero-order chi connectivity index (χ0) is 26.2. The Morgan fingerprint density at radius 2 is 1.97 bits per heavy atom. The Bertz CT molecular complexity index is 1340. The molecule has 2 aliphatic heterocycles. The molecular weight excluding hydrogens is 466 g/mol. The van der Waals surface area contributed by atoms with Crippen molar-refractivity contribution in [2.24, 2.45) is 0 Å². The molecule has 2 aliphatic rings. The highest BCUT2D eigenvalue weighted by Crippen LogP contribution is 2.40. The van der Waals surface area contributed by atoms with Gasteiger partial charge in [-0.15, -0.1) is 0 Å². The van der Waals surface area contributed by atoms with Crippen LogP contribution in [0.5, 0.6) is 11.5 Å². The van der Waals surface area contributed by atoms with Gasteiger partial charge in [-0.3, -0.25) is 10.2 Å². The number of ether oxygens (including phenoxy) is 2. The highest BCUT2D eigenvalue weighted by atomic mass is 16.5. The first-order valence-electron chi connectivity index (χ1n) is 12.8. The van der Waals surface area contributed by atoms with E-state index in [-0.39, 0.29) is 11.5 Å². The molecule has 1 fully saturated rings. The van der Waals surface area contributed by atoms with Gasteiger partial charge in [-0.1, -0.05) is 6.92 Å². The molecule has 5 rings (SSSR count). The lowest BCUT2D eigenvalue weighted by Crippen LogP contribution is -2.50. The Kier molecular flexibility index (Phi) is 6.69. The van der Waals surface area contributed by atoms with Crippen molar-refractivity contribution in [2.75, 3.05) is 25.4 Å². The van der Waals surface area contributed by atoms with Crippen molar-refractivity contribution in [2.45, 2.75) is 52.2 Å². The van der Waals surface area contributed by atoms with Crippen molar-refractivity contribution in [3.8, 4) is 11.5 Å². The minimum Gasteiger partial charge on any atom is -0.489 e. The third-order valence-electron chi connectivity index (χ3n) is 7.64. The molecule has 1 spiro atoms. The van der Waals surface area contributed by atoms with Crippen LogP contribution in [0.15, 0.2) is 42.6 Å². The van der Waals surface area contributed by atoms with Crippen LogP contribution in [0, 0.1) is 19.3 Å². The molecule has 192 valence electrons. The molecule has 0 bridgehead atoms. The summed E-state index contributed by atoms with van der Waals surface area (Å²) in [6, 6.07) is 10.7. The van der Waals surface area contributed by atoms with E-state index in [1.807, 2.05) is 26.0 Å². The number of ketones is 1. The van der Waals surface area contributed by atoms with Gasteiger partial charge < -0.3 is 20.1 Å². The van der Waals surface area contributed by atoms with Crippen molar-refractivity contribution in [1.29, 1.82) is 5.41 Å². The third-order valence-corrected chi connectivity index (χ3v) is 7.64. The van der Waals surface area contributed by atoms with Gasteiger partial charge in [-0.25, -0.2) is 0 Å². The number of nitrogens with two attached hydrogens (primary N) is 1. The summed E-state index contributed by atoms with van der Waals surface area (Å²) in [4.78, 5) is 15.6. The number of hydrogen-bond acceptors (Lipinski definition) is 8. The van der Waals surface area contributed by atoms with Crippen molar-refractivity contribution < 1.29 is 14.3 Å². The summed E-state index contributed by atoms with van der Waals surface area (Å²) in [5.74, 6) is 1.28. The Hall–Kier alpha value is -3.78. The molecule has 8 nitrogen and oxygen atoms in total. The van der Waals surface area contributed by atoms with Crippen LogP contribution in [0.4, 0.5) is 5.69 Å². The van der Waals surface area contributed by atoms with Crippen LogP contribution >= 0.6 is 0 Å². The van der Waals surface area contributed by atoms with E-state index >= 15 is 0 Å². The van der Waals surface area contributed by atoms with Gasteiger partial charge in [0.1, 0.15) is 23.7 Å². The van der Waals surface area contributed by atoms with Crippen LogP contribution in [0.2, 0.25) is 0 Å². The first kappa shape index (κ1) is 24.9. The number of Topliss-reactive ketones (excluding diaryl/α,β-unsaturated/α-hetero) is 1. The predicted octanol–water partition coefficient (Wildman–Crippen LogP) is 4.49. The summed E-state index contributed by atoms with van der Waals surface area (Å²) in [5, 5.41) is 16.9. The van der Waals surface area contributed by atoms with E-state index in [1.165, 1.54) is 0 Å². The maximum absolute atomic E-state index is 13.2. The maximum Gasteiger partial charge on any atom is 0.170 e. The molecule has 0 atom stereocenters. The lowest BCUT2D eigenvalue weighted by atomic mass is 9.82. The zero-order valence-corrected chi connectivity index (χ0v) is 21.6. The van der Waals surface area contributed by atoms with Crippen LogP contribution in [-0.2, 0) is 6.61 Å². The molecule has 0 amide bonds. The van der Waals surface area contributed by atoms with Gasteiger partial charge in [0.25, 0.3) is 0 Å². The molecule has 0 unspecified atom stereocenters. The summed E-state index contributed by atoms with van der Waals surface area (Å²) < 4.78 is 12.5. The van der Waals surface area contributed by atoms with Gasteiger partial charge in [-0.2, -0.15) is 10.2 Å². The fourth-order valence-corrected chi connectivity index (χ4v) is 5.20. The molecule has 0 radical (unpaired) electrons. The predicted molar refractivity (Wildman–Crippen MR) is 143 cm³/mol. The van der Waals surface area contributed by atoms with Gasteiger partial charge in [0.05, 0.1) is 29.6 Å². The Morgan fingerprint density at radius 1 is 1.19 bits per heavy atom. The number of carbonyl (C=O) groups excluding carboxylic acids is 1. The number of aromatic nitrogens is 2. The molecule has 8 heteroatoms. The fourth-order valence-electron chi connectivity index (χ4n) is 5.20. The molecule has 2 aromatic carbocycles. The summed E-state index contributed by atoms with van der Waals surface area (Å²) in [7, 11) is 0. The van der Waals surface area contributed by atoms with E-state index in [0.29, 0.717) is 46.9 Å². The second-order valence-corrected chi connectivity index (χ2v) is 10.0. The number of likely N-dealkylation sites (tertiary alicyclic amines) is 1. The van der Waals surface area contributed by atoms with Crippen molar-refractivity contribution >= 4 is 17.2 Å². The monoisotopic (exact) mass is 499 g/mol. The smallest absolute Gasteiger partial charge is 0.170 e. The van der Waals surface area contributed by atoms with Crippen molar-refractivity contribution in [3.63, 3.8) is 0 Å². The number of nitrogens with zero attached hydrogens (tertiary/aromatic N) is 3. The van der Waals surface area contributed by atoms with Crippen LogP contribution in [0.3, 0.4) is 0 Å². The second-order valence-electron chi connectivity index (χ2n) is 10.0. The Labute approximate surface area is 217 Å².